The highest BCUT2D eigenvalue weighted by Crippen LogP contribution is 2.36. The Morgan fingerprint density at radius 1 is 1.21 bits per heavy atom. The lowest BCUT2D eigenvalue weighted by Crippen LogP contribution is -2.40. The lowest BCUT2D eigenvalue weighted by Gasteiger charge is -2.25. The molecule has 144 valence electrons. The van der Waals surface area contributed by atoms with Crippen LogP contribution in [0.1, 0.15) is 25.0 Å². The molecule has 1 aliphatic rings. The van der Waals surface area contributed by atoms with Crippen LogP contribution in [0.4, 0.5) is 16.5 Å². The minimum atomic E-state index is -0.229. The summed E-state index contributed by atoms with van der Waals surface area (Å²) in [5, 5.41) is 12.3. The molecule has 0 bridgehead atoms. The van der Waals surface area contributed by atoms with Crippen molar-refractivity contribution in [3.8, 4) is 0 Å². The zero-order valence-corrected chi connectivity index (χ0v) is 17.7. The highest BCUT2D eigenvalue weighted by molar-refractivity contribution is 8.02. The van der Waals surface area contributed by atoms with Crippen molar-refractivity contribution in [3.63, 3.8) is 0 Å². The van der Waals surface area contributed by atoms with E-state index in [0.29, 0.717) is 0 Å². The molecule has 0 saturated heterocycles. The number of fused-ring (bicyclic) bond motifs is 1. The van der Waals surface area contributed by atoms with Gasteiger partial charge in [-0.15, -0.1) is 10.2 Å². The number of carbonyl (C=O) groups excluding carboxylic acids is 1. The van der Waals surface area contributed by atoms with Gasteiger partial charge in [0.2, 0.25) is 11.0 Å². The van der Waals surface area contributed by atoms with Gasteiger partial charge in [-0.05, 0) is 50.5 Å². The third-order valence-corrected chi connectivity index (χ3v) is 6.87. The maximum absolute atomic E-state index is 13.1. The summed E-state index contributed by atoms with van der Waals surface area (Å²) < 4.78 is 0.789. The predicted molar refractivity (Wildman–Crippen MR) is 117 cm³/mol. The molecule has 3 aromatic rings. The predicted octanol–water partition coefficient (Wildman–Crippen LogP) is 5.05. The van der Waals surface area contributed by atoms with Crippen LogP contribution < -0.4 is 10.2 Å². The summed E-state index contributed by atoms with van der Waals surface area (Å²) in [6, 6.07) is 16.4. The summed E-state index contributed by atoms with van der Waals surface area (Å²) in [6.45, 7) is 6.09. The largest absolute Gasteiger partial charge is 0.330 e. The number of hydrogen-bond acceptors (Lipinski definition) is 6. The zero-order chi connectivity index (χ0) is 19.7. The topological polar surface area (TPSA) is 58.1 Å². The van der Waals surface area contributed by atoms with Gasteiger partial charge in [-0.3, -0.25) is 4.79 Å². The van der Waals surface area contributed by atoms with Crippen LogP contribution in [0.2, 0.25) is 0 Å². The molecule has 0 fully saturated rings. The summed E-state index contributed by atoms with van der Waals surface area (Å²) in [5.41, 5.74) is 4.44. The first-order valence-corrected chi connectivity index (χ1v) is 11.0. The number of carbonyl (C=O) groups is 1. The Balaban J connectivity index is 1.44. The van der Waals surface area contributed by atoms with Gasteiger partial charge in [0.25, 0.3) is 0 Å². The standard InChI is InChI=1S/C21H22N4OS2/c1-13-8-4-6-10-17(13)22-20-23-24-21(28-20)27-15(3)19(26)25-14(2)12-16-9-5-7-11-18(16)25/h4-11,14-15H,12H2,1-3H3,(H,22,23)/t14-,15+/m1/s1. The molecule has 2 aromatic carbocycles. The van der Waals surface area contributed by atoms with E-state index in [1.54, 1.807) is 0 Å². The van der Waals surface area contributed by atoms with Crippen molar-refractivity contribution in [1.29, 1.82) is 0 Å². The molecule has 1 N–H and O–H groups in total. The number of nitrogens with zero attached hydrogens (tertiary/aromatic N) is 3. The van der Waals surface area contributed by atoms with E-state index >= 15 is 0 Å². The fourth-order valence-electron chi connectivity index (χ4n) is 3.44. The smallest absolute Gasteiger partial charge is 0.240 e. The summed E-state index contributed by atoms with van der Waals surface area (Å²) in [7, 11) is 0. The maximum atomic E-state index is 13.1. The number of para-hydroxylation sites is 2. The molecule has 0 radical (unpaired) electrons. The molecule has 7 heteroatoms. The van der Waals surface area contributed by atoms with Gasteiger partial charge in [-0.2, -0.15) is 0 Å². The Morgan fingerprint density at radius 2 is 1.96 bits per heavy atom. The Hall–Kier alpha value is -2.38. The third kappa shape index (κ3) is 3.77. The van der Waals surface area contributed by atoms with Crippen LogP contribution in [-0.2, 0) is 11.2 Å². The third-order valence-electron chi connectivity index (χ3n) is 4.86. The van der Waals surface area contributed by atoms with Crippen molar-refractivity contribution in [2.75, 3.05) is 10.2 Å². The zero-order valence-electron chi connectivity index (χ0n) is 16.0. The number of rotatable bonds is 5. The molecule has 4 rings (SSSR count). The average molecular weight is 411 g/mol. The second-order valence-corrected chi connectivity index (χ2v) is 9.53. The van der Waals surface area contributed by atoms with E-state index in [0.717, 1.165) is 32.8 Å². The molecule has 0 unspecified atom stereocenters. The van der Waals surface area contributed by atoms with Crippen LogP contribution in [0.25, 0.3) is 0 Å². The summed E-state index contributed by atoms with van der Waals surface area (Å²) in [5.74, 6) is 0.117. The highest BCUT2D eigenvalue weighted by Gasteiger charge is 2.33. The van der Waals surface area contributed by atoms with Crippen LogP contribution in [0.3, 0.4) is 0 Å². The van der Waals surface area contributed by atoms with E-state index in [9.17, 15) is 4.79 Å². The van der Waals surface area contributed by atoms with Gasteiger partial charge >= 0.3 is 0 Å². The van der Waals surface area contributed by atoms with Crippen molar-refractivity contribution >= 4 is 45.5 Å². The molecule has 5 nitrogen and oxygen atoms in total. The number of aromatic nitrogens is 2. The average Bonchev–Trinajstić information content (AvgIpc) is 3.26. The van der Waals surface area contributed by atoms with Crippen LogP contribution >= 0.6 is 23.1 Å². The van der Waals surface area contributed by atoms with Gasteiger partial charge in [0.1, 0.15) is 0 Å². The summed E-state index contributed by atoms with van der Waals surface area (Å²) >= 11 is 2.93. The van der Waals surface area contributed by atoms with Gasteiger partial charge in [-0.25, -0.2) is 0 Å². The minimum Gasteiger partial charge on any atom is -0.330 e. The van der Waals surface area contributed by atoms with E-state index in [-0.39, 0.29) is 17.2 Å². The number of aryl methyl sites for hydroxylation is 1. The van der Waals surface area contributed by atoms with Gasteiger partial charge in [0.15, 0.2) is 4.34 Å². The SMILES string of the molecule is Cc1ccccc1Nc1nnc(S[C@@H](C)C(=O)N2c3ccccc3C[C@H]2C)s1. The van der Waals surface area contributed by atoms with Gasteiger partial charge in [0.05, 0.1) is 5.25 Å². The van der Waals surface area contributed by atoms with E-state index in [4.69, 9.17) is 0 Å². The quantitative estimate of drug-likeness (QED) is 0.597. The second kappa shape index (κ2) is 7.93. The van der Waals surface area contributed by atoms with Crippen molar-refractivity contribution in [2.45, 2.75) is 42.8 Å². The molecule has 0 spiro atoms. The highest BCUT2D eigenvalue weighted by atomic mass is 32.2. The maximum Gasteiger partial charge on any atom is 0.240 e. The minimum absolute atomic E-state index is 0.117. The number of benzene rings is 2. The first kappa shape index (κ1) is 19.0. The number of amides is 1. The molecule has 2 atom stereocenters. The Labute approximate surface area is 173 Å². The lowest BCUT2D eigenvalue weighted by atomic mass is 10.1. The fraction of sp³-hybridized carbons (Fsp3) is 0.286. The normalized spacial score (nSPS) is 16.7. The van der Waals surface area contributed by atoms with Crippen LogP contribution in [0, 0.1) is 6.92 Å². The summed E-state index contributed by atoms with van der Waals surface area (Å²) in [4.78, 5) is 15.0. The number of anilines is 3. The van der Waals surface area contributed by atoms with E-state index in [2.05, 4.69) is 41.5 Å². The summed E-state index contributed by atoms with van der Waals surface area (Å²) in [6.07, 6.45) is 0.905. The van der Waals surface area contributed by atoms with Gasteiger partial charge in [0, 0.05) is 17.4 Å². The van der Waals surface area contributed by atoms with Crippen LogP contribution in [-0.4, -0.2) is 27.4 Å². The van der Waals surface area contributed by atoms with Gasteiger partial charge < -0.3 is 10.2 Å². The molecular formula is C21H22N4OS2. The second-order valence-electron chi connectivity index (χ2n) is 6.96. The van der Waals surface area contributed by atoms with Crippen LogP contribution in [0.5, 0.6) is 0 Å². The van der Waals surface area contributed by atoms with E-state index in [1.807, 2.05) is 48.2 Å². The number of hydrogen-bond donors (Lipinski definition) is 1. The fourth-order valence-corrected chi connectivity index (χ4v) is 5.39. The van der Waals surface area contributed by atoms with E-state index < -0.39 is 0 Å². The van der Waals surface area contributed by atoms with Crippen molar-refractivity contribution in [2.24, 2.45) is 0 Å². The molecule has 2 heterocycles. The molecule has 1 aliphatic heterocycles. The first-order valence-electron chi connectivity index (χ1n) is 9.26. The molecule has 0 aliphatic carbocycles. The molecule has 0 saturated carbocycles. The Kier molecular flexibility index (Phi) is 5.37. The molecule has 28 heavy (non-hydrogen) atoms. The molecule has 1 amide bonds. The van der Waals surface area contributed by atoms with Crippen molar-refractivity contribution < 1.29 is 4.79 Å². The van der Waals surface area contributed by atoms with Crippen molar-refractivity contribution in [1.82, 2.24) is 10.2 Å². The van der Waals surface area contributed by atoms with Gasteiger partial charge in [-0.1, -0.05) is 59.5 Å². The number of nitrogens with one attached hydrogen (secondary N) is 1. The molecule has 1 aromatic heterocycles. The van der Waals surface area contributed by atoms with E-state index in [1.165, 1.54) is 28.7 Å². The Morgan fingerprint density at radius 3 is 2.79 bits per heavy atom. The first-order chi connectivity index (χ1) is 13.5. The van der Waals surface area contributed by atoms with Crippen molar-refractivity contribution in [3.05, 3.63) is 59.7 Å². The number of thioether (sulfide) groups is 1. The lowest BCUT2D eigenvalue weighted by molar-refractivity contribution is -0.118. The Bertz CT molecular complexity index is 1000. The monoisotopic (exact) mass is 410 g/mol. The van der Waals surface area contributed by atoms with Crippen LogP contribution in [0.15, 0.2) is 52.9 Å². The molecular weight excluding hydrogens is 388 g/mol.